The summed E-state index contributed by atoms with van der Waals surface area (Å²) in [6.07, 6.45) is 0. The van der Waals surface area contributed by atoms with Gasteiger partial charge in [0.15, 0.2) is 0 Å². The lowest BCUT2D eigenvalue weighted by atomic mass is 9.97. The number of primary amides is 1. The Hall–Kier alpha value is -3.76. The topological polar surface area (TPSA) is 146 Å². The van der Waals surface area contributed by atoms with Crippen LogP contribution in [0.2, 0.25) is 10.0 Å². The number of carbonyl (C=O) groups is 4. The average molecular weight is 475 g/mol. The summed E-state index contributed by atoms with van der Waals surface area (Å²) in [5.41, 5.74) is 7.21. The van der Waals surface area contributed by atoms with E-state index in [1.807, 2.05) is 5.43 Å². The summed E-state index contributed by atoms with van der Waals surface area (Å²) in [6.45, 7) is 1.52. The molecule has 1 aliphatic heterocycles. The van der Waals surface area contributed by atoms with E-state index in [2.05, 4.69) is 15.5 Å². The monoisotopic (exact) mass is 474 g/mol. The van der Waals surface area contributed by atoms with Gasteiger partial charge in [0.2, 0.25) is 0 Å². The van der Waals surface area contributed by atoms with Gasteiger partial charge in [0.05, 0.1) is 22.1 Å². The molecular formula is C20H16Cl2N6O4. The van der Waals surface area contributed by atoms with Crippen LogP contribution in [0.1, 0.15) is 6.92 Å². The quantitative estimate of drug-likeness (QED) is 0.345. The minimum Gasteiger partial charge on any atom is -0.361 e. The Bertz CT molecular complexity index is 1170. The van der Waals surface area contributed by atoms with Gasteiger partial charge in [-0.2, -0.15) is 15.2 Å². The fourth-order valence-electron chi connectivity index (χ4n) is 2.83. The Balaban J connectivity index is 1.96. The van der Waals surface area contributed by atoms with Crippen molar-refractivity contribution in [3.63, 3.8) is 0 Å². The fourth-order valence-corrected chi connectivity index (χ4v) is 3.16. The van der Waals surface area contributed by atoms with Crippen LogP contribution < -0.4 is 21.5 Å². The summed E-state index contributed by atoms with van der Waals surface area (Å²) in [5.74, 6) is -5.30. The number of hydrogen-bond donors (Lipinski definition) is 3. The van der Waals surface area contributed by atoms with E-state index in [-0.39, 0.29) is 16.4 Å². The third kappa shape index (κ3) is 4.93. The first kappa shape index (κ1) is 22.9. The van der Waals surface area contributed by atoms with Crippen molar-refractivity contribution in [3.05, 3.63) is 58.6 Å². The van der Waals surface area contributed by atoms with Crippen molar-refractivity contribution in [1.82, 2.24) is 5.43 Å². The highest BCUT2D eigenvalue weighted by molar-refractivity contribution is 6.53. The van der Waals surface area contributed by atoms with Crippen LogP contribution in [-0.2, 0) is 19.2 Å². The predicted octanol–water partition coefficient (Wildman–Crippen LogP) is 1.93. The highest BCUT2D eigenvalue weighted by Gasteiger charge is 2.41. The molecule has 164 valence electrons. The second-order valence-corrected chi connectivity index (χ2v) is 7.38. The number of anilines is 2. The number of nitrogens with one attached hydrogen (secondary N) is 2. The molecule has 3 rings (SSSR count). The molecule has 0 aromatic heterocycles. The summed E-state index contributed by atoms with van der Waals surface area (Å²) in [7, 11) is 0. The number of benzene rings is 2. The first-order valence-corrected chi connectivity index (χ1v) is 9.82. The van der Waals surface area contributed by atoms with Gasteiger partial charge in [-0.3, -0.25) is 19.2 Å². The molecule has 32 heavy (non-hydrogen) atoms. The van der Waals surface area contributed by atoms with E-state index in [0.29, 0.717) is 10.7 Å². The average Bonchev–Trinajstić information content (AvgIpc) is 3.05. The maximum atomic E-state index is 13.1. The van der Waals surface area contributed by atoms with E-state index < -0.39 is 35.3 Å². The van der Waals surface area contributed by atoms with Gasteiger partial charge in [-0.25, -0.2) is 5.43 Å². The van der Waals surface area contributed by atoms with Gasteiger partial charge in [0, 0.05) is 5.02 Å². The van der Waals surface area contributed by atoms with Gasteiger partial charge in [-0.05, 0) is 37.3 Å². The van der Waals surface area contributed by atoms with Gasteiger partial charge in [-0.1, -0.05) is 41.4 Å². The third-order valence-corrected chi connectivity index (χ3v) is 4.88. The van der Waals surface area contributed by atoms with Crippen LogP contribution in [0.3, 0.4) is 0 Å². The molecule has 0 radical (unpaired) electrons. The summed E-state index contributed by atoms with van der Waals surface area (Å²) < 4.78 is 0. The minimum atomic E-state index is -1.32. The molecule has 10 nitrogen and oxygen atoms in total. The van der Waals surface area contributed by atoms with Gasteiger partial charge in [0.1, 0.15) is 11.6 Å². The van der Waals surface area contributed by atoms with E-state index in [4.69, 9.17) is 28.9 Å². The number of hydrogen-bond acceptors (Lipinski definition) is 6. The van der Waals surface area contributed by atoms with Gasteiger partial charge < -0.3 is 11.1 Å². The highest BCUT2D eigenvalue weighted by atomic mass is 35.5. The molecule has 1 atom stereocenters. The van der Waals surface area contributed by atoms with E-state index >= 15 is 0 Å². The molecular weight excluding hydrogens is 459 g/mol. The second-order valence-electron chi connectivity index (χ2n) is 6.54. The van der Waals surface area contributed by atoms with Crippen LogP contribution in [0.4, 0.5) is 11.4 Å². The number of amides is 4. The van der Waals surface area contributed by atoms with Gasteiger partial charge in [0.25, 0.3) is 11.8 Å². The van der Waals surface area contributed by atoms with Crippen molar-refractivity contribution in [3.8, 4) is 0 Å². The Labute approximate surface area is 192 Å². The first-order valence-electron chi connectivity index (χ1n) is 9.07. The smallest absolute Gasteiger partial charge is 0.329 e. The lowest BCUT2D eigenvalue weighted by Crippen LogP contribution is -2.42. The Morgan fingerprint density at radius 2 is 1.78 bits per heavy atom. The molecule has 0 spiro atoms. The molecule has 0 unspecified atom stereocenters. The summed E-state index contributed by atoms with van der Waals surface area (Å²) in [6, 6.07) is 12.9. The summed E-state index contributed by atoms with van der Waals surface area (Å²) >= 11 is 12.0. The van der Waals surface area contributed by atoms with Crippen molar-refractivity contribution in [2.75, 3.05) is 10.3 Å². The number of hydrazone groups is 2. The number of nitrogens with two attached hydrogens (primary N) is 1. The molecule has 1 aliphatic rings. The molecule has 0 saturated carbocycles. The van der Waals surface area contributed by atoms with E-state index in [1.54, 1.807) is 30.3 Å². The Kier molecular flexibility index (Phi) is 6.86. The van der Waals surface area contributed by atoms with Gasteiger partial charge in [-0.15, -0.1) is 0 Å². The lowest BCUT2D eigenvalue weighted by molar-refractivity contribution is -0.137. The van der Waals surface area contributed by atoms with Crippen LogP contribution in [-0.4, -0.2) is 35.1 Å². The third-order valence-electron chi connectivity index (χ3n) is 4.32. The summed E-state index contributed by atoms with van der Waals surface area (Å²) in [4.78, 5) is 48.8. The van der Waals surface area contributed by atoms with E-state index in [1.165, 1.54) is 25.1 Å². The van der Waals surface area contributed by atoms with Crippen molar-refractivity contribution < 1.29 is 19.2 Å². The van der Waals surface area contributed by atoms with Crippen LogP contribution >= 0.6 is 23.2 Å². The first-order chi connectivity index (χ1) is 15.2. The van der Waals surface area contributed by atoms with Crippen molar-refractivity contribution in [1.29, 1.82) is 0 Å². The Morgan fingerprint density at radius 1 is 1.09 bits per heavy atom. The highest BCUT2D eigenvalue weighted by Crippen LogP contribution is 2.27. The molecule has 0 saturated heterocycles. The van der Waals surface area contributed by atoms with Gasteiger partial charge >= 0.3 is 11.8 Å². The molecule has 2 aromatic carbocycles. The fraction of sp³-hybridized carbons (Fsp3) is 0.100. The molecule has 4 amide bonds. The molecule has 12 heteroatoms. The normalized spacial score (nSPS) is 15.9. The zero-order valence-corrected chi connectivity index (χ0v) is 18.0. The molecule has 0 fully saturated rings. The number of nitrogens with zero attached hydrogens (tertiary/aromatic N) is 3. The molecule has 2 aromatic rings. The standard InChI is InChI=1S/C20H16Cl2N6O4/c1-10-15(20(32)28(27-10)12-5-3-2-4-6-12)16(25-26-19(31)17(23)29)18(30)24-14-9-11(21)7-8-13(14)22/h2-9,15H,1H3,(H2,23,29)(H,24,30)(H,26,31)/b25-16-/t15-/m1/s1. The molecule has 1 heterocycles. The molecule has 0 bridgehead atoms. The van der Waals surface area contributed by atoms with E-state index in [9.17, 15) is 19.2 Å². The van der Waals surface area contributed by atoms with Crippen LogP contribution in [0.5, 0.6) is 0 Å². The molecule has 0 aliphatic carbocycles. The zero-order chi connectivity index (χ0) is 23.4. The molecule has 4 N–H and O–H groups in total. The maximum Gasteiger partial charge on any atom is 0.329 e. The van der Waals surface area contributed by atoms with E-state index in [0.717, 1.165) is 5.01 Å². The second kappa shape index (κ2) is 9.58. The number of para-hydroxylation sites is 1. The number of halogens is 2. The predicted molar refractivity (Wildman–Crippen MR) is 120 cm³/mol. The van der Waals surface area contributed by atoms with Crippen molar-refractivity contribution in [2.24, 2.45) is 21.9 Å². The largest absolute Gasteiger partial charge is 0.361 e. The summed E-state index contributed by atoms with van der Waals surface area (Å²) in [5, 5.41) is 12.0. The van der Waals surface area contributed by atoms with Crippen molar-refractivity contribution in [2.45, 2.75) is 6.92 Å². The van der Waals surface area contributed by atoms with Crippen molar-refractivity contribution >= 4 is 69.6 Å². The zero-order valence-electron chi connectivity index (χ0n) is 16.5. The van der Waals surface area contributed by atoms with Crippen LogP contribution in [0, 0.1) is 5.92 Å². The number of rotatable bonds is 5. The lowest BCUT2D eigenvalue weighted by Gasteiger charge is -2.16. The SMILES string of the molecule is CC1=NN(c2ccccc2)C(=O)[C@H]1/C(=N/NC(=O)C(N)=O)C(=O)Nc1cc(Cl)ccc1Cl. The Morgan fingerprint density at radius 3 is 2.44 bits per heavy atom. The maximum absolute atomic E-state index is 13.1. The minimum absolute atomic E-state index is 0.151. The van der Waals surface area contributed by atoms with Crippen LogP contribution in [0.15, 0.2) is 58.7 Å². The van der Waals surface area contributed by atoms with Crippen LogP contribution in [0.25, 0.3) is 0 Å². The number of carbonyl (C=O) groups excluding carboxylic acids is 4.